The third-order valence-electron chi connectivity index (χ3n) is 2.06. The standard InChI is InChI=1S/C11H10BrN3O2S/c1-17-11-10(5-8(12)6-14-11)15-18(16)9-3-2-4-13-7-9/h2-7,15H,1H3. The number of hydrogen-bond acceptors (Lipinski definition) is 4. The van der Waals surface area contributed by atoms with Crippen LogP contribution in [0.25, 0.3) is 0 Å². The Morgan fingerprint density at radius 3 is 2.94 bits per heavy atom. The summed E-state index contributed by atoms with van der Waals surface area (Å²) in [5.41, 5.74) is 0.550. The van der Waals surface area contributed by atoms with Crippen molar-refractivity contribution in [2.45, 2.75) is 4.90 Å². The van der Waals surface area contributed by atoms with Gasteiger partial charge in [0, 0.05) is 23.1 Å². The van der Waals surface area contributed by atoms with Gasteiger partial charge in [0.15, 0.2) is 11.0 Å². The fourth-order valence-corrected chi connectivity index (χ4v) is 2.43. The Bertz CT molecular complexity index is 565. The second-order valence-corrected chi connectivity index (χ2v) is 5.40. The van der Waals surface area contributed by atoms with E-state index < -0.39 is 11.0 Å². The topological polar surface area (TPSA) is 64.1 Å². The third kappa shape index (κ3) is 3.05. The van der Waals surface area contributed by atoms with Crippen molar-refractivity contribution in [2.24, 2.45) is 0 Å². The highest BCUT2D eigenvalue weighted by Gasteiger charge is 2.10. The molecular weight excluding hydrogens is 318 g/mol. The predicted octanol–water partition coefficient (Wildman–Crippen LogP) is 2.38. The molecule has 2 heterocycles. The van der Waals surface area contributed by atoms with Crippen LogP contribution in [0, 0.1) is 0 Å². The molecule has 1 unspecified atom stereocenters. The van der Waals surface area contributed by atoms with Gasteiger partial charge in [0.25, 0.3) is 0 Å². The van der Waals surface area contributed by atoms with Crippen LogP contribution in [0.3, 0.4) is 0 Å². The van der Waals surface area contributed by atoms with Gasteiger partial charge >= 0.3 is 0 Å². The largest absolute Gasteiger partial charge is 0.480 e. The number of halogens is 1. The molecule has 0 bridgehead atoms. The fourth-order valence-electron chi connectivity index (χ4n) is 1.28. The van der Waals surface area contributed by atoms with Crippen LogP contribution in [-0.2, 0) is 11.0 Å². The first-order chi connectivity index (χ1) is 8.70. The summed E-state index contributed by atoms with van der Waals surface area (Å²) in [6.45, 7) is 0. The van der Waals surface area contributed by atoms with Gasteiger partial charge in [0.05, 0.1) is 12.0 Å². The maximum Gasteiger partial charge on any atom is 0.238 e. The number of anilines is 1. The smallest absolute Gasteiger partial charge is 0.238 e. The van der Waals surface area contributed by atoms with E-state index in [9.17, 15) is 4.21 Å². The van der Waals surface area contributed by atoms with Crippen molar-refractivity contribution in [2.75, 3.05) is 11.8 Å². The predicted molar refractivity (Wildman–Crippen MR) is 72.8 cm³/mol. The lowest BCUT2D eigenvalue weighted by Crippen LogP contribution is -2.07. The van der Waals surface area contributed by atoms with Crippen LogP contribution in [0.5, 0.6) is 5.88 Å². The summed E-state index contributed by atoms with van der Waals surface area (Å²) in [4.78, 5) is 8.56. The Morgan fingerprint density at radius 1 is 1.44 bits per heavy atom. The van der Waals surface area contributed by atoms with Crippen LogP contribution in [0.15, 0.2) is 46.2 Å². The zero-order valence-corrected chi connectivity index (χ0v) is 11.9. The molecule has 2 aromatic heterocycles. The highest BCUT2D eigenvalue weighted by atomic mass is 79.9. The second kappa shape index (κ2) is 5.92. The first-order valence-electron chi connectivity index (χ1n) is 4.98. The maximum atomic E-state index is 12.1. The van der Waals surface area contributed by atoms with Crippen LogP contribution in [0.1, 0.15) is 0 Å². The van der Waals surface area contributed by atoms with Crippen molar-refractivity contribution >= 4 is 32.6 Å². The highest BCUT2D eigenvalue weighted by Crippen LogP contribution is 2.26. The van der Waals surface area contributed by atoms with Gasteiger partial charge in [0.1, 0.15) is 5.69 Å². The summed E-state index contributed by atoms with van der Waals surface area (Å²) in [6, 6.07) is 5.21. The zero-order chi connectivity index (χ0) is 13.0. The Morgan fingerprint density at radius 2 is 2.28 bits per heavy atom. The Hall–Kier alpha value is -1.47. The van der Waals surface area contributed by atoms with Crippen molar-refractivity contribution in [1.82, 2.24) is 9.97 Å². The van der Waals surface area contributed by atoms with Crippen molar-refractivity contribution in [3.8, 4) is 5.88 Å². The molecule has 0 aromatic carbocycles. The van der Waals surface area contributed by atoms with E-state index in [4.69, 9.17) is 4.74 Å². The summed E-state index contributed by atoms with van der Waals surface area (Å²) >= 11 is 3.30. The first kappa shape index (κ1) is 13.0. The van der Waals surface area contributed by atoms with Gasteiger partial charge < -0.3 is 4.74 Å². The number of ether oxygens (including phenoxy) is 1. The molecule has 18 heavy (non-hydrogen) atoms. The Balaban J connectivity index is 2.24. The molecule has 0 amide bonds. The molecule has 0 saturated heterocycles. The van der Waals surface area contributed by atoms with Crippen LogP contribution < -0.4 is 9.46 Å². The second-order valence-electron chi connectivity index (χ2n) is 3.27. The average Bonchev–Trinajstić information content (AvgIpc) is 2.40. The van der Waals surface area contributed by atoms with E-state index in [1.165, 1.54) is 7.11 Å². The zero-order valence-electron chi connectivity index (χ0n) is 9.46. The van der Waals surface area contributed by atoms with Gasteiger partial charge in [-0.05, 0) is 34.1 Å². The van der Waals surface area contributed by atoms with Crippen molar-refractivity contribution in [1.29, 1.82) is 0 Å². The number of nitrogens with zero attached hydrogens (tertiary/aromatic N) is 2. The molecule has 1 N–H and O–H groups in total. The maximum absolute atomic E-state index is 12.1. The van der Waals surface area contributed by atoms with Crippen molar-refractivity contribution < 1.29 is 8.95 Å². The van der Waals surface area contributed by atoms with Crippen LogP contribution in [0.2, 0.25) is 0 Å². The minimum absolute atomic E-state index is 0.385. The number of nitrogens with one attached hydrogen (secondary N) is 1. The molecule has 0 aliphatic carbocycles. The molecule has 0 spiro atoms. The monoisotopic (exact) mass is 327 g/mol. The molecule has 2 rings (SSSR count). The minimum atomic E-state index is -1.41. The van der Waals surface area contributed by atoms with E-state index in [2.05, 4.69) is 30.6 Å². The SMILES string of the molecule is COc1ncc(Br)cc1NS(=O)c1cccnc1. The Labute approximate surface area is 115 Å². The summed E-state index contributed by atoms with van der Waals surface area (Å²) in [5, 5.41) is 0. The summed E-state index contributed by atoms with van der Waals surface area (Å²) in [5.74, 6) is 0.385. The van der Waals surface area contributed by atoms with E-state index in [0.29, 0.717) is 16.5 Å². The van der Waals surface area contributed by atoms with Gasteiger partial charge in [-0.2, -0.15) is 0 Å². The number of rotatable bonds is 4. The molecule has 0 aliphatic rings. The molecule has 0 radical (unpaired) electrons. The first-order valence-corrected chi connectivity index (χ1v) is 6.93. The van der Waals surface area contributed by atoms with Crippen molar-refractivity contribution in [3.63, 3.8) is 0 Å². The lowest BCUT2D eigenvalue weighted by Gasteiger charge is -2.09. The average molecular weight is 328 g/mol. The van der Waals surface area contributed by atoms with E-state index in [1.807, 2.05) is 0 Å². The highest BCUT2D eigenvalue weighted by molar-refractivity contribution is 9.10. The van der Waals surface area contributed by atoms with Crippen molar-refractivity contribution in [3.05, 3.63) is 41.3 Å². The minimum Gasteiger partial charge on any atom is -0.480 e. The number of methoxy groups -OCH3 is 1. The number of aromatic nitrogens is 2. The molecular formula is C11H10BrN3O2S. The molecule has 5 nitrogen and oxygen atoms in total. The van der Waals surface area contributed by atoms with Gasteiger partial charge in [-0.3, -0.25) is 9.71 Å². The van der Waals surface area contributed by atoms with E-state index in [1.54, 1.807) is 36.8 Å². The fraction of sp³-hybridized carbons (Fsp3) is 0.0909. The Kier molecular flexibility index (Phi) is 4.27. The molecule has 1 atom stereocenters. The van der Waals surface area contributed by atoms with Gasteiger partial charge in [0.2, 0.25) is 5.88 Å². The van der Waals surface area contributed by atoms with E-state index >= 15 is 0 Å². The van der Waals surface area contributed by atoms with Crippen LogP contribution in [-0.4, -0.2) is 21.3 Å². The lowest BCUT2D eigenvalue weighted by molar-refractivity contribution is 0.400. The van der Waals surface area contributed by atoms with E-state index in [0.717, 1.165) is 4.47 Å². The number of hydrogen-bond donors (Lipinski definition) is 1. The molecule has 2 aromatic rings. The van der Waals surface area contributed by atoms with Gasteiger partial charge in [-0.25, -0.2) is 9.19 Å². The third-order valence-corrected chi connectivity index (χ3v) is 3.57. The normalized spacial score (nSPS) is 11.9. The molecule has 7 heteroatoms. The summed E-state index contributed by atoms with van der Waals surface area (Å²) < 4.78 is 20.8. The lowest BCUT2D eigenvalue weighted by atomic mass is 10.4. The summed E-state index contributed by atoms with van der Waals surface area (Å²) in [7, 11) is 0.100. The van der Waals surface area contributed by atoms with Gasteiger partial charge in [-0.1, -0.05) is 0 Å². The van der Waals surface area contributed by atoms with Crippen LogP contribution >= 0.6 is 15.9 Å². The molecule has 0 aliphatic heterocycles. The molecule has 94 valence electrons. The van der Waals surface area contributed by atoms with E-state index in [-0.39, 0.29) is 0 Å². The van der Waals surface area contributed by atoms with Gasteiger partial charge in [-0.15, -0.1) is 0 Å². The summed E-state index contributed by atoms with van der Waals surface area (Å²) in [6.07, 6.45) is 4.78. The van der Waals surface area contributed by atoms with Crippen LogP contribution in [0.4, 0.5) is 5.69 Å². The molecule has 0 saturated carbocycles. The number of pyridine rings is 2. The quantitative estimate of drug-likeness (QED) is 0.936. The molecule has 0 fully saturated rings.